The number of likely N-dealkylation sites (tertiary alicyclic amines) is 1. The molecule has 1 saturated carbocycles. The zero-order valence-corrected chi connectivity index (χ0v) is 15.1. The van der Waals surface area contributed by atoms with E-state index in [1.807, 2.05) is 4.90 Å². The van der Waals surface area contributed by atoms with Crippen molar-refractivity contribution in [2.45, 2.75) is 57.8 Å². The second-order valence-corrected chi connectivity index (χ2v) is 7.91. The largest absolute Gasteiger partial charge is 0.381 e. The van der Waals surface area contributed by atoms with Crippen LogP contribution in [0.1, 0.15) is 57.8 Å². The van der Waals surface area contributed by atoms with Crippen molar-refractivity contribution in [1.29, 1.82) is 0 Å². The third-order valence-corrected chi connectivity index (χ3v) is 6.21. The Labute approximate surface area is 146 Å². The van der Waals surface area contributed by atoms with Crippen LogP contribution < -0.4 is 5.32 Å². The quantitative estimate of drug-likeness (QED) is 0.757. The third-order valence-electron chi connectivity index (χ3n) is 6.21. The molecule has 1 aliphatic carbocycles. The van der Waals surface area contributed by atoms with Crippen LogP contribution in [0.2, 0.25) is 0 Å². The lowest BCUT2D eigenvalue weighted by Crippen LogP contribution is -2.47. The molecule has 3 aliphatic rings. The van der Waals surface area contributed by atoms with Gasteiger partial charge in [0.2, 0.25) is 0 Å². The topological polar surface area (TPSA) is 50.8 Å². The van der Waals surface area contributed by atoms with E-state index in [1.165, 1.54) is 38.5 Å². The van der Waals surface area contributed by atoms with Crippen LogP contribution >= 0.6 is 0 Å². The fraction of sp³-hybridized carbons (Fsp3) is 0.947. The van der Waals surface area contributed by atoms with E-state index in [2.05, 4.69) is 5.32 Å². The molecular weight excluding hydrogens is 304 g/mol. The number of piperidine rings is 1. The van der Waals surface area contributed by atoms with Crippen LogP contribution in [0.15, 0.2) is 0 Å². The molecule has 2 aliphatic heterocycles. The standard InChI is InChI=1S/C19H34N2O3/c22-18(21-11-8-19(9-12-21)6-1-2-7-19)20-10-3-13-24-16-17-4-14-23-15-5-17/h17H,1-16H2,(H,20,22). The van der Waals surface area contributed by atoms with Gasteiger partial charge in [0.1, 0.15) is 0 Å². The average Bonchev–Trinajstić information content (AvgIpc) is 3.07. The minimum Gasteiger partial charge on any atom is -0.381 e. The van der Waals surface area contributed by atoms with Crippen LogP contribution in [0, 0.1) is 11.3 Å². The minimum atomic E-state index is 0.118. The van der Waals surface area contributed by atoms with Crippen molar-refractivity contribution in [2.75, 3.05) is 46.1 Å². The normalized spacial score (nSPS) is 24.4. The predicted octanol–water partition coefficient (Wildman–Crippen LogP) is 3.19. The molecule has 0 unspecified atom stereocenters. The summed E-state index contributed by atoms with van der Waals surface area (Å²) in [4.78, 5) is 14.2. The van der Waals surface area contributed by atoms with Gasteiger partial charge in [-0.15, -0.1) is 0 Å². The average molecular weight is 338 g/mol. The Kier molecular flexibility index (Phi) is 6.78. The molecule has 5 heteroatoms. The van der Waals surface area contributed by atoms with Crippen LogP contribution in [-0.4, -0.2) is 57.0 Å². The number of rotatable bonds is 6. The van der Waals surface area contributed by atoms with Crippen molar-refractivity contribution in [2.24, 2.45) is 11.3 Å². The smallest absolute Gasteiger partial charge is 0.317 e. The zero-order chi connectivity index (χ0) is 16.7. The second kappa shape index (κ2) is 9.04. The highest BCUT2D eigenvalue weighted by Crippen LogP contribution is 2.46. The van der Waals surface area contributed by atoms with Gasteiger partial charge in [-0.3, -0.25) is 0 Å². The van der Waals surface area contributed by atoms with Crippen LogP contribution in [0.3, 0.4) is 0 Å². The summed E-state index contributed by atoms with van der Waals surface area (Å²) in [5.74, 6) is 0.657. The number of hydrogen-bond donors (Lipinski definition) is 1. The van der Waals surface area contributed by atoms with Crippen molar-refractivity contribution in [3.05, 3.63) is 0 Å². The lowest BCUT2D eigenvalue weighted by molar-refractivity contribution is 0.0202. The first-order valence-electron chi connectivity index (χ1n) is 9.96. The second-order valence-electron chi connectivity index (χ2n) is 7.91. The molecule has 24 heavy (non-hydrogen) atoms. The van der Waals surface area contributed by atoms with E-state index < -0.39 is 0 Å². The summed E-state index contributed by atoms with van der Waals surface area (Å²) < 4.78 is 11.1. The highest BCUT2D eigenvalue weighted by atomic mass is 16.5. The number of amides is 2. The van der Waals surface area contributed by atoms with Crippen molar-refractivity contribution < 1.29 is 14.3 Å². The molecule has 5 nitrogen and oxygen atoms in total. The van der Waals surface area contributed by atoms with Gasteiger partial charge in [-0.05, 0) is 56.3 Å². The first kappa shape index (κ1) is 18.0. The molecule has 0 atom stereocenters. The van der Waals surface area contributed by atoms with E-state index in [-0.39, 0.29) is 6.03 Å². The summed E-state index contributed by atoms with van der Waals surface area (Å²) in [6.45, 7) is 5.92. The Bertz CT molecular complexity index is 380. The first-order valence-corrected chi connectivity index (χ1v) is 9.96. The van der Waals surface area contributed by atoms with Gasteiger partial charge in [-0.25, -0.2) is 4.79 Å². The zero-order valence-electron chi connectivity index (χ0n) is 15.1. The summed E-state index contributed by atoms with van der Waals surface area (Å²) in [7, 11) is 0. The van der Waals surface area contributed by atoms with Gasteiger partial charge in [-0.2, -0.15) is 0 Å². The Balaban J connectivity index is 1.21. The summed E-state index contributed by atoms with van der Waals surface area (Å²) >= 11 is 0. The lowest BCUT2D eigenvalue weighted by atomic mass is 9.77. The molecule has 0 radical (unpaired) electrons. The van der Waals surface area contributed by atoms with E-state index in [1.54, 1.807) is 0 Å². The molecule has 3 fully saturated rings. The molecule has 1 N–H and O–H groups in total. The molecule has 138 valence electrons. The summed E-state index contributed by atoms with van der Waals surface area (Å²) in [6.07, 6.45) is 11.1. The van der Waals surface area contributed by atoms with E-state index in [4.69, 9.17) is 9.47 Å². The molecule has 0 aromatic carbocycles. The third kappa shape index (κ3) is 5.09. The van der Waals surface area contributed by atoms with E-state index in [0.717, 1.165) is 58.8 Å². The van der Waals surface area contributed by atoms with Crippen molar-refractivity contribution >= 4 is 6.03 Å². The highest BCUT2D eigenvalue weighted by molar-refractivity contribution is 5.74. The van der Waals surface area contributed by atoms with Crippen LogP contribution in [0.5, 0.6) is 0 Å². The van der Waals surface area contributed by atoms with Crippen molar-refractivity contribution in [3.63, 3.8) is 0 Å². The van der Waals surface area contributed by atoms with Crippen LogP contribution in [0.25, 0.3) is 0 Å². The maximum Gasteiger partial charge on any atom is 0.317 e. The Morgan fingerprint density at radius 1 is 1.12 bits per heavy atom. The van der Waals surface area contributed by atoms with Gasteiger partial charge in [0, 0.05) is 46.1 Å². The Morgan fingerprint density at radius 2 is 1.83 bits per heavy atom. The first-order chi connectivity index (χ1) is 11.8. The van der Waals surface area contributed by atoms with E-state index >= 15 is 0 Å². The van der Waals surface area contributed by atoms with Gasteiger partial charge < -0.3 is 19.7 Å². The summed E-state index contributed by atoms with van der Waals surface area (Å²) in [5.41, 5.74) is 0.578. The molecule has 0 bridgehead atoms. The van der Waals surface area contributed by atoms with Gasteiger partial charge in [-0.1, -0.05) is 12.8 Å². The fourth-order valence-electron chi connectivity index (χ4n) is 4.45. The minimum absolute atomic E-state index is 0.118. The van der Waals surface area contributed by atoms with Gasteiger partial charge in [0.15, 0.2) is 0 Å². The number of carbonyl (C=O) groups excluding carboxylic acids is 1. The lowest BCUT2D eigenvalue weighted by Gasteiger charge is -2.39. The number of carbonyl (C=O) groups is 1. The van der Waals surface area contributed by atoms with Crippen LogP contribution in [0.4, 0.5) is 4.79 Å². The molecule has 2 amide bonds. The Hall–Kier alpha value is -0.810. The molecule has 2 heterocycles. The highest BCUT2D eigenvalue weighted by Gasteiger charge is 2.37. The fourth-order valence-corrected chi connectivity index (χ4v) is 4.45. The van der Waals surface area contributed by atoms with Crippen LogP contribution in [-0.2, 0) is 9.47 Å². The summed E-state index contributed by atoms with van der Waals surface area (Å²) in [6, 6.07) is 0.118. The predicted molar refractivity (Wildman–Crippen MR) is 94.1 cm³/mol. The molecule has 1 spiro atoms. The molecule has 0 aromatic heterocycles. The SMILES string of the molecule is O=C(NCCCOCC1CCOCC1)N1CCC2(CCCC2)CC1. The summed E-state index contributed by atoms with van der Waals surface area (Å²) in [5, 5.41) is 3.06. The number of nitrogens with zero attached hydrogens (tertiary/aromatic N) is 1. The maximum atomic E-state index is 12.2. The number of urea groups is 1. The van der Waals surface area contributed by atoms with E-state index in [9.17, 15) is 4.79 Å². The van der Waals surface area contributed by atoms with Gasteiger partial charge >= 0.3 is 6.03 Å². The molecule has 3 rings (SSSR count). The van der Waals surface area contributed by atoms with Crippen molar-refractivity contribution in [1.82, 2.24) is 10.2 Å². The number of nitrogens with one attached hydrogen (secondary N) is 1. The molecule has 0 aromatic rings. The molecule has 2 saturated heterocycles. The monoisotopic (exact) mass is 338 g/mol. The Morgan fingerprint density at radius 3 is 2.54 bits per heavy atom. The number of hydrogen-bond acceptors (Lipinski definition) is 3. The van der Waals surface area contributed by atoms with Crippen molar-refractivity contribution in [3.8, 4) is 0 Å². The number of ether oxygens (including phenoxy) is 2. The van der Waals surface area contributed by atoms with Gasteiger partial charge in [0.05, 0.1) is 0 Å². The molecular formula is C19H34N2O3. The maximum absolute atomic E-state index is 12.2. The van der Waals surface area contributed by atoms with E-state index in [0.29, 0.717) is 17.9 Å². The van der Waals surface area contributed by atoms with Gasteiger partial charge in [0.25, 0.3) is 0 Å².